The Kier molecular flexibility index (Phi) is 4.07. The lowest BCUT2D eigenvalue weighted by atomic mass is 10.0. The monoisotopic (exact) mass is 270 g/mol. The fraction of sp³-hybridized carbons (Fsp3) is 0.412. The van der Waals surface area contributed by atoms with E-state index in [1.54, 1.807) is 0 Å². The van der Waals surface area contributed by atoms with Crippen LogP contribution in [-0.4, -0.2) is 11.2 Å². The maximum atomic E-state index is 5.71. The van der Waals surface area contributed by atoms with E-state index >= 15 is 0 Å². The molecular formula is C17H22N2O. The number of aromatic nitrogens is 1. The minimum Gasteiger partial charge on any atom is -0.493 e. The lowest BCUT2D eigenvalue weighted by Gasteiger charge is -2.27. The van der Waals surface area contributed by atoms with Crippen molar-refractivity contribution in [2.45, 2.75) is 38.9 Å². The number of hydrogen-bond acceptors (Lipinski definition) is 2. The molecule has 0 radical (unpaired) electrons. The van der Waals surface area contributed by atoms with Gasteiger partial charge in [0.15, 0.2) is 0 Å². The molecule has 3 rings (SSSR count). The number of nitrogens with one attached hydrogen (secondary N) is 1. The summed E-state index contributed by atoms with van der Waals surface area (Å²) in [6.07, 6.45) is 4.37. The zero-order valence-electron chi connectivity index (χ0n) is 12.0. The van der Waals surface area contributed by atoms with E-state index in [9.17, 15) is 0 Å². The third kappa shape index (κ3) is 2.73. The molecule has 0 amide bonds. The lowest BCUT2D eigenvalue weighted by molar-refractivity contribution is 0.251. The smallest absolute Gasteiger partial charge is 0.124 e. The average Bonchev–Trinajstić information content (AvgIpc) is 2.93. The first-order chi connectivity index (χ1) is 9.88. The number of nitrogens with zero attached hydrogens (tertiary/aromatic N) is 1. The lowest BCUT2D eigenvalue weighted by Crippen LogP contribution is -2.27. The second kappa shape index (κ2) is 6.14. The first-order valence-corrected chi connectivity index (χ1v) is 7.47. The Balaban J connectivity index is 1.69. The van der Waals surface area contributed by atoms with Crippen molar-refractivity contribution >= 4 is 0 Å². The Labute approximate surface area is 120 Å². The van der Waals surface area contributed by atoms with Crippen LogP contribution < -0.4 is 10.1 Å². The highest BCUT2D eigenvalue weighted by Crippen LogP contribution is 2.31. The van der Waals surface area contributed by atoms with E-state index in [0.717, 1.165) is 31.9 Å². The Morgan fingerprint density at radius 3 is 3.05 bits per heavy atom. The normalized spacial score (nSPS) is 17.6. The summed E-state index contributed by atoms with van der Waals surface area (Å²) in [7, 11) is 0. The number of hydrogen-bond donors (Lipinski definition) is 1. The van der Waals surface area contributed by atoms with Crippen molar-refractivity contribution < 1.29 is 4.74 Å². The van der Waals surface area contributed by atoms with Crippen molar-refractivity contribution in [3.05, 3.63) is 53.9 Å². The van der Waals surface area contributed by atoms with Gasteiger partial charge in [-0.2, -0.15) is 0 Å². The molecule has 1 atom stereocenters. The molecule has 0 saturated heterocycles. The Morgan fingerprint density at radius 2 is 2.15 bits per heavy atom. The van der Waals surface area contributed by atoms with Crippen molar-refractivity contribution in [2.24, 2.45) is 0 Å². The minimum atomic E-state index is 0.393. The molecule has 1 N–H and O–H groups in total. The zero-order valence-corrected chi connectivity index (χ0v) is 12.0. The predicted octanol–water partition coefficient (Wildman–Crippen LogP) is 3.51. The fourth-order valence-electron chi connectivity index (χ4n) is 2.85. The van der Waals surface area contributed by atoms with Gasteiger partial charge in [-0.3, -0.25) is 0 Å². The quantitative estimate of drug-likeness (QED) is 0.899. The van der Waals surface area contributed by atoms with Gasteiger partial charge < -0.3 is 14.6 Å². The second-order valence-electron chi connectivity index (χ2n) is 5.30. The highest BCUT2D eigenvalue weighted by Gasteiger charge is 2.20. The van der Waals surface area contributed by atoms with Gasteiger partial charge in [-0.1, -0.05) is 25.1 Å². The van der Waals surface area contributed by atoms with Gasteiger partial charge in [-0.15, -0.1) is 0 Å². The second-order valence-corrected chi connectivity index (χ2v) is 5.30. The van der Waals surface area contributed by atoms with Gasteiger partial charge in [0.25, 0.3) is 0 Å². The molecule has 0 saturated carbocycles. The van der Waals surface area contributed by atoms with Crippen LogP contribution in [0.4, 0.5) is 0 Å². The van der Waals surface area contributed by atoms with Gasteiger partial charge in [0.1, 0.15) is 5.75 Å². The average molecular weight is 270 g/mol. The van der Waals surface area contributed by atoms with Crippen LogP contribution in [0.5, 0.6) is 5.75 Å². The van der Waals surface area contributed by atoms with Crippen LogP contribution in [0.2, 0.25) is 0 Å². The molecule has 0 spiro atoms. The third-order valence-electron chi connectivity index (χ3n) is 3.88. The molecule has 0 fully saturated rings. The van der Waals surface area contributed by atoms with Gasteiger partial charge in [0.2, 0.25) is 0 Å². The van der Waals surface area contributed by atoms with Crippen molar-refractivity contribution in [1.29, 1.82) is 0 Å². The van der Waals surface area contributed by atoms with Crippen LogP contribution in [0.1, 0.15) is 37.1 Å². The van der Waals surface area contributed by atoms with E-state index in [1.807, 2.05) is 6.07 Å². The number of ether oxygens (including phenoxy) is 1. The molecular weight excluding hydrogens is 248 g/mol. The molecule has 2 aromatic rings. The third-order valence-corrected chi connectivity index (χ3v) is 3.88. The van der Waals surface area contributed by atoms with Crippen LogP contribution in [0, 0.1) is 0 Å². The number of aryl methyl sites for hydroxylation is 1. The van der Waals surface area contributed by atoms with Crippen LogP contribution in [0.25, 0.3) is 0 Å². The zero-order chi connectivity index (χ0) is 13.8. The van der Waals surface area contributed by atoms with E-state index in [-0.39, 0.29) is 0 Å². The number of benzene rings is 1. The molecule has 1 aliphatic heterocycles. The Morgan fingerprint density at radius 1 is 1.25 bits per heavy atom. The molecule has 3 heteroatoms. The van der Waals surface area contributed by atoms with Crippen molar-refractivity contribution in [3.8, 4) is 5.75 Å². The van der Waals surface area contributed by atoms with E-state index in [2.05, 4.69) is 53.3 Å². The summed E-state index contributed by atoms with van der Waals surface area (Å²) in [5, 5.41) is 3.68. The first kappa shape index (κ1) is 13.3. The summed E-state index contributed by atoms with van der Waals surface area (Å²) in [6, 6.07) is 13.1. The van der Waals surface area contributed by atoms with Crippen LogP contribution in [-0.2, 0) is 13.1 Å². The van der Waals surface area contributed by atoms with Crippen molar-refractivity contribution in [3.63, 3.8) is 0 Å². The highest BCUT2D eigenvalue weighted by atomic mass is 16.5. The van der Waals surface area contributed by atoms with Crippen LogP contribution >= 0.6 is 0 Å². The molecule has 0 aliphatic carbocycles. The predicted molar refractivity (Wildman–Crippen MR) is 80.9 cm³/mol. The van der Waals surface area contributed by atoms with Gasteiger partial charge in [0, 0.05) is 43.0 Å². The molecule has 1 aromatic carbocycles. The summed E-state index contributed by atoms with van der Waals surface area (Å²) in [6.45, 7) is 5.01. The van der Waals surface area contributed by atoms with Crippen molar-refractivity contribution in [2.75, 3.05) is 6.61 Å². The molecule has 2 heterocycles. The highest BCUT2D eigenvalue weighted by molar-refractivity contribution is 5.37. The number of rotatable bonds is 5. The maximum Gasteiger partial charge on any atom is 0.124 e. The molecule has 106 valence electrons. The molecule has 1 aromatic heterocycles. The fourth-order valence-corrected chi connectivity index (χ4v) is 2.85. The summed E-state index contributed by atoms with van der Waals surface area (Å²) < 4.78 is 8.04. The minimum absolute atomic E-state index is 0.393. The molecule has 0 bridgehead atoms. The van der Waals surface area contributed by atoms with E-state index in [1.165, 1.54) is 17.7 Å². The van der Waals surface area contributed by atoms with E-state index in [0.29, 0.717) is 6.04 Å². The largest absolute Gasteiger partial charge is 0.493 e. The van der Waals surface area contributed by atoms with Gasteiger partial charge in [-0.05, 0) is 24.6 Å². The summed E-state index contributed by atoms with van der Waals surface area (Å²) in [4.78, 5) is 0. The number of fused-ring (bicyclic) bond motifs is 1. The van der Waals surface area contributed by atoms with E-state index in [4.69, 9.17) is 4.74 Å². The standard InChI is InChI=1S/C17H22N2O/c1-2-10-19-11-5-6-14(19)13-18-16-9-12-20-17-8-4-3-7-15(16)17/h3-8,11,16,18H,2,9-10,12-13H2,1H3. The summed E-state index contributed by atoms with van der Waals surface area (Å²) in [5.41, 5.74) is 2.64. The van der Waals surface area contributed by atoms with E-state index < -0.39 is 0 Å². The van der Waals surface area contributed by atoms with Crippen molar-refractivity contribution in [1.82, 2.24) is 9.88 Å². The number of para-hydroxylation sites is 1. The Hall–Kier alpha value is -1.74. The van der Waals surface area contributed by atoms with Gasteiger partial charge in [-0.25, -0.2) is 0 Å². The SMILES string of the molecule is CCCn1cccc1CNC1CCOc2ccccc21. The maximum absolute atomic E-state index is 5.71. The molecule has 3 nitrogen and oxygen atoms in total. The van der Waals surface area contributed by atoms with Gasteiger partial charge in [0.05, 0.1) is 6.61 Å². The summed E-state index contributed by atoms with van der Waals surface area (Å²) in [5.74, 6) is 1.03. The Bertz CT molecular complexity index is 562. The summed E-state index contributed by atoms with van der Waals surface area (Å²) >= 11 is 0. The van der Waals surface area contributed by atoms with Crippen LogP contribution in [0.3, 0.4) is 0 Å². The molecule has 20 heavy (non-hydrogen) atoms. The van der Waals surface area contributed by atoms with Gasteiger partial charge >= 0.3 is 0 Å². The molecule has 1 unspecified atom stereocenters. The topological polar surface area (TPSA) is 26.2 Å². The molecule has 1 aliphatic rings. The van der Waals surface area contributed by atoms with Crippen LogP contribution in [0.15, 0.2) is 42.6 Å². The first-order valence-electron chi connectivity index (χ1n) is 7.47.